The van der Waals surface area contributed by atoms with Crippen molar-refractivity contribution in [3.8, 4) is 0 Å². The maximum Gasteiger partial charge on any atom is 0.243 e. The van der Waals surface area contributed by atoms with Gasteiger partial charge in [0, 0.05) is 28.4 Å². The van der Waals surface area contributed by atoms with E-state index in [1.807, 2.05) is 43.3 Å². The molecular weight excluding hydrogens is 475 g/mol. The van der Waals surface area contributed by atoms with Gasteiger partial charge in [0.05, 0.1) is 5.75 Å². The summed E-state index contributed by atoms with van der Waals surface area (Å²) >= 11 is 14.0. The Hall–Kier alpha value is -1.69. The summed E-state index contributed by atoms with van der Waals surface area (Å²) < 4.78 is 0. The number of thioether (sulfide) groups is 1. The average molecular weight is 508 g/mol. The van der Waals surface area contributed by atoms with Crippen LogP contribution in [0.25, 0.3) is 0 Å². The third-order valence-corrected chi connectivity index (χ3v) is 7.72. The van der Waals surface area contributed by atoms with Crippen molar-refractivity contribution in [2.45, 2.75) is 69.8 Å². The normalized spacial score (nSPS) is 15.1. The van der Waals surface area contributed by atoms with Gasteiger partial charge in [-0.3, -0.25) is 9.59 Å². The molecule has 1 aliphatic carbocycles. The van der Waals surface area contributed by atoms with Crippen LogP contribution in [-0.4, -0.2) is 34.6 Å². The quantitative estimate of drug-likeness (QED) is 0.400. The number of amides is 2. The van der Waals surface area contributed by atoms with Crippen molar-refractivity contribution in [3.05, 3.63) is 69.7 Å². The number of benzene rings is 2. The van der Waals surface area contributed by atoms with Gasteiger partial charge in [0.1, 0.15) is 6.04 Å². The van der Waals surface area contributed by atoms with E-state index in [1.54, 1.807) is 17.0 Å². The van der Waals surface area contributed by atoms with Crippen LogP contribution in [-0.2, 0) is 21.9 Å². The van der Waals surface area contributed by atoms with Crippen molar-refractivity contribution in [2.24, 2.45) is 0 Å². The molecule has 178 valence electrons. The summed E-state index contributed by atoms with van der Waals surface area (Å²) in [6.45, 7) is 2.37. The van der Waals surface area contributed by atoms with Crippen molar-refractivity contribution in [1.29, 1.82) is 0 Å². The molecule has 2 amide bonds. The molecule has 1 atom stereocenters. The molecule has 3 rings (SSSR count). The molecule has 0 bridgehead atoms. The zero-order valence-electron chi connectivity index (χ0n) is 19.1. The highest BCUT2D eigenvalue weighted by atomic mass is 35.5. The highest BCUT2D eigenvalue weighted by Crippen LogP contribution is 2.28. The first kappa shape index (κ1) is 25.9. The van der Waals surface area contributed by atoms with Crippen LogP contribution < -0.4 is 5.32 Å². The van der Waals surface area contributed by atoms with Crippen molar-refractivity contribution >= 4 is 46.8 Å². The fraction of sp³-hybridized carbons (Fsp3) is 0.462. The van der Waals surface area contributed by atoms with Gasteiger partial charge in [0.25, 0.3) is 0 Å². The molecule has 2 aromatic rings. The van der Waals surface area contributed by atoms with E-state index in [9.17, 15) is 9.59 Å². The van der Waals surface area contributed by atoms with Crippen LogP contribution in [0.5, 0.6) is 0 Å². The lowest BCUT2D eigenvalue weighted by molar-refractivity contribution is -0.139. The zero-order chi connectivity index (χ0) is 23.6. The average Bonchev–Trinajstić information content (AvgIpc) is 2.82. The van der Waals surface area contributed by atoms with Crippen LogP contribution in [0, 0.1) is 0 Å². The lowest BCUT2D eigenvalue weighted by Crippen LogP contribution is -2.52. The van der Waals surface area contributed by atoms with Gasteiger partial charge < -0.3 is 10.2 Å². The SMILES string of the molecule is CC[C@@H](C(=O)NC1CCCCC1)N(Cc1ccccc1)C(=O)CSCc1c(Cl)cccc1Cl. The van der Waals surface area contributed by atoms with E-state index >= 15 is 0 Å². The van der Waals surface area contributed by atoms with E-state index in [-0.39, 0.29) is 23.6 Å². The fourth-order valence-corrected chi connectivity index (χ4v) is 5.88. The second-order valence-electron chi connectivity index (χ2n) is 8.47. The fourth-order valence-electron chi connectivity index (χ4n) is 4.24. The number of carbonyl (C=O) groups excluding carboxylic acids is 2. The molecule has 0 saturated heterocycles. The molecule has 0 aromatic heterocycles. The Kier molecular flexibility index (Phi) is 10.4. The van der Waals surface area contributed by atoms with Gasteiger partial charge in [-0.15, -0.1) is 11.8 Å². The van der Waals surface area contributed by atoms with Gasteiger partial charge in [0.15, 0.2) is 0 Å². The lowest BCUT2D eigenvalue weighted by Gasteiger charge is -2.32. The molecule has 2 aromatic carbocycles. The van der Waals surface area contributed by atoms with Gasteiger partial charge in [-0.1, -0.05) is 85.8 Å². The largest absolute Gasteiger partial charge is 0.352 e. The number of carbonyl (C=O) groups is 2. The van der Waals surface area contributed by atoms with Gasteiger partial charge in [-0.05, 0) is 42.5 Å². The summed E-state index contributed by atoms with van der Waals surface area (Å²) in [5.41, 5.74) is 1.84. The maximum atomic E-state index is 13.4. The Labute approximate surface area is 211 Å². The predicted octanol–water partition coefficient (Wildman–Crippen LogP) is 6.48. The van der Waals surface area contributed by atoms with E-state index in [0.717, 1.165) is 36.8 Å². The van der Waals surface area contributed by atoms with Crippen LogP contribution in [0.2, 0.25) is 10.0 Å². The van der Waals surface area contributed by atoms with Crippen LogP contribution >= 0.6 is 35.0 Å². The Morgan fingerprint density at radius 2 is 1.70 bits per heavy atom. The Morgan fingerprint density at radius 3 is 2.33 bits per heavy atom. The molecule has 4 nitrogen and oxygen atoms in total. The van der Waals surface area contributed by atoms with Crippen molar-refractivity contribution in [3.63, 3.8) is 0 Å². The minimum Gasteiger partial charge on any atom is -0.352 e. The number of rotatable bonds is 10. The Bertz CT molecular complexity index is 900. The number of hydrogen-bond acceptors (Lipinski definition) is 3. The number of hydrogen-bond donors (Lipinski definition) is 1. The van der Waals surface area contributed by atoms with E-state index < -0.39 is 6.04 Å². The summed E-state index contributed by atoms with van der Waals surface area (Å²) in [6, 6.07) is 15.0. The highest BCUT2D eigenvalue weighted by molar-refractivity contribution is 7.99. The summed E-state index contributed by atoms with van der Waals surface area (Å²) in [5, 5.41) is 4.41. The molecule has 1 N–H and O–H groups in total. The predicted molar refractivity (Wildman–Crippen MR) is 139 cm³/mol. The summed E-state index contributed by atoms with van der Waals surface area (Å²) in [5.74, 6) is 0.682. The minimum atomic E-state index is -0.496. The third kappa shape index (κ3) is 7.66. The van der Waals surface area contributed by atoms with Crippen LogP contribution in [0.1, 0.15) is 56.6 Å². The second kappa shape index (κ2) is 13.3. The van der Waals surface area contributed by atoms with Crippen LogP contribution in [0.3, 0.4) is 0 Å². The molecule has 1 aliphatic rings. The van der Waals surface area contributed by atoms with Gasteiger partial charge in [-0.2, -0.15) is 0 Å². The standard InChI is InChI=1S/C26H32Cl2N2O2S/c1-2-24(26(32)29-20-12-7-4-8-13-20)30(16-19-10-5-3-6-11-19)25(31)18-33-17-21-22(27)14-9-15-23(21)28/h3,5-6,9-11,14-15,20,24H,2,4,7-8,12-13,16-18H2,1H3,(H,29,32)/t24-/m0/s1. The summed E-state index contributed by atoms with van der Waals surface area (Å²) in [4.78, 5) is 28.3. The highest BCUT2D eigenvalue weighted by Gasteiger charge is 2.30. The molecule has 0 spiro atoms. The maximum absolute atomic E-state index is 13.4. The molecule has 7 heteroatoms. The Balaban J connectivity index is 1.70. The molecule has 1 saturated carbocycles. The van der Waals surface area contributed by atoms with Gasteiger partial charge in [0.2, 0.25) is 11.8 Å². The summed E-state index contributed by atoms with van der Waals surface area (Å²) in [6.07, 6.45) is 6.13. The second-order valence-corrected chi connectivity index (χ2v) is 10.3. The Morgan fingerprint density at radius 1 is 1.03 bits per heavy atom. The minimum absolute atomic E-state index is 0.0483. The number of nitrogens with zero attached hydrogens (tertiary/aromatic N) is 1. The number of nitrogens with one attached hydrogen (secondary N) is 1. The molecule has 0 heterocycles. The van der Waals surface area contributed by atoms with Gasteiger partial charge >= 0.3 is 0 Å². The van der Waals surface area contributed by atoms with Crippen molar-refractivity contribution < 1.29 is 9.59 Å². The third-order valence-electron chi connectivity index (χ3n) is 6.07. The molecule has 1 fully saturated rings. The molecule has 0 unspecified atom stereocenters. The first-order valence-corrected chi connectivity index (χ1v) is 13.5. The van der Waals surface area contributed by atoms with Gasteiger partial charge in [-0.25, -0.2) is 0 Å². The van der Waals surface area contributed by atoms with Crippen molar-refractivity contribution in [1.82, 2.24) is 10.2 Å². The smallest absolute Gasteiger partial charge is 0.243 e. The zero-order valence-corrected chi connectivity index (χ0v) is 21.4. The molecule has 0 aliphatic heterocycles. The first-order valence-electron chi connectivity index (χ1n) is 11.6. The topological polar surface area (TPSA) is 49.4 Å². The van der Waals surface area contributed by atoms with Crippen LogP contribution in [0.15, 0.2) is 48.5 Å². The number of halogens is 2. The molecule has 0 radical (unpaired) electrons. The lowest BCUT2D eigenvalue weighted by atomic mass is 9.95. The first-order chi connectivity index (χ1) is 16.0. The van der Waals surface area contributed by atoms with E-state index in [1.165, 1.54) is 18.2 Å². The monoisotopic (exact) mass is 506 g/mol. The van der Waals surface area contributed by atoms with E-state index in [0.29, 0.717) is 28.8 Å². The van der Waals surface area contributed by atoms with E-state index in [4.69, 9.17) is 23.2 Å². The molecular formula is C26H32Cl2N2O2S. The summed E-state index contributed by atoms with van der Waals surface area (Å²) in [7, 11) is 0. The van der Waals surface area contributed by atoms with Crippen molar-refractivity contribution in [2.75, 3.05) is 5.75 Å². The molecule has 33 heavy (non-hydrogen) atoms. The van der Waals surface area contributed by atoms with E-state index in [2.05, 4.69) is 5.32 Å². The van der Waals surface area contributed by atoms with Crippen LogP contribution in [0.4, 0.5) is 0 Å².